The Labute approximate surface area is 174 Å². The minimum Gasteiger partial charge on any atom is -0.490 e. The first-order chi connectivity index (χ1) is 14.2. The summed E-state index contributed by atoms with van der Waals surface area (Å²) in [6, 6.07) is 10.1. The zero-order chi connectivity index (χ0) is 21.4. The molecule has 1 aliphatic heterocycles. The van der Waals surface area contributed by atoms with Gasteiger partial charge in [0.15, 0.2) is 9.84 Å². The summed E-state index contributed by atoms with van der Waals surface area (Å²) in [6.07, 6.45) is 4.48. The predicted molar refractivity (Wildman–Crippen MR) is 112 cm³/mol. The van der Waals surface area contributed by atoms with Gasteiger partial charge in [-0.2, -0.15) is 0 Å². The molecule has 0 fully saturated rings. The number of ether oxygens (including phenoxy) is 1. The molecule has 1 aromatic heterocycles. The van der Waals surface area contributed by atoms with Gasteiger partial charge in [0.25, 0.3) is 10.0 Å². The molecular weight excluding hydrogens is 428 g/mol. The molecule has 0 saturated heterocycles. The van der Waals surface area contributed by atoms with Crippen molar-refractivity contribution in [2.24, 2.45) is 0 Å². The molecule has 0 bridgehead atoms. The van der Waals surface area contributed by atoms with E-state index in [1.54, 1.807) is 24.5 Å². The molecule has 0 radical (unpaired) electrons. The highest BCUT2D eigenvalue weighted by molar-refractivity contribution is 7.92. The third kappa shape index (κ3) is 4.26. The van der Waals surface area contributed by atoms with Crippen LogP contribution in [0.5, 0.6) is 5.75 Å². The number of nitrogens with one attached hydrogen (secondary N) is 2. The molecule has 158 valence electrons. The second-order valence-corrected chi connectivity index (χ2v) is 10.6. The lowest BCUT2D eigenvalue weighted by atomic mass is 10.2. The number of fused-ring (bicyclic) bond motifs is 1. The van der Waals surface area contributed by atoms with E-state index in [1.165, 1.54) is 24.3 Å². The molecule has 2 heterocycles. The number of aromatic amines is 1. The van der Waals surface area contributed by atoms with E-state index < -0.39 is 19.9 Å². The lowest BCUT2D eigenvalue weighted by Crippen LogP contribution is -2.32. The van der Waals surface area contributed by atoms with E-state index in [1.807, 2.05) is 6.20 Å². The second kappa shape index (κ2) is 7.65. The quantitative estimate of drug-likeness (QED) is 0.592. The summed E-state index contributed by atoms with van der Waals surface area (Å²) in [6.45, 7) is 1.72. The lowest BCUT2D eigenvalue weighted by molar-refractivity contribution is 0.307. The molecule has 0 atom stereocenters. The van der Waals surface area contributed by atoms with Crippen molar-refractivity contribution in [2.45, 2.75) is 16.3 Å². The van der Waals surface area contributed by atoms with E-state index >= 15 is 0 Å². The fourth-order valence-electron chi connectivity index (χ4n) is 3.15. The molecule has 2 aromatic carbocycles. The van der Waals surface area contributed by atoms with Crippen LogP contribution in [0.4, 0.5) is 11.4 Å². The van der Waals surface area contributed by atoms with E-state index in [4.69, 9.17) is 4.74 Å². The number of H-pyrrole nitrogens is 1. The van der Waals surface area contributed by atoms with Gasteiger partial charge in [-0.1, -0.05) is 0 Å². The minimum atomic E-state index is -3.89. The Hall–Kier alpha value is -3.05. The Morgan fingerprint density at radius 2 is 1.83 bits per heavy atom. The van der Waals surface area contributed by atoms with Crippen molar-refractivity contribution in [1.29, 1.82) is 0 Å². The van der Waals surface area contributed by atoms with Crippen LogP contribution in [-0.2, 0) is 26.4 Å². The van der Waals surface area contributed by atoms with Crippen molar-refractivity contribution in [1.82, 2.24) is 9.97 Å². The monoisotopic (exact) mass is 448 g/mol. The Morgan fingerprint density at radius 1 is 1.10 bits per heavy atom. The zero-order valence-corrected chi connectivity index (χ0v) is 17.7. The van der Waals surface area contributed by atoms with Gasteiger partial charge in [0.1, 0.15) is 12.4 Å². The molecule has 11 heteroatoms. The fourth-order valence-corrected chi connectivity index (χ4v) is 4.83. The number of hydrogen-bond donors (Lipinski definition) is 2. The normalized spacial score (nSPS) is 14.1. The highest BCUT2D eigenvalue weighted by Gasteiger charge is 2.21. The standard InChI is InChI=1S/C19H20N4O5S2/c1-29(24,25)16-3-5-17(6-4-16)30(26,27)22-14-2-7-19-18(10-14)23(8-9-28-19)12-15-11-20-13-21-15/h2-7,10-11,13,22H,8-9,12H2,1H3,(H,20,21). The Bertz CT molecular complexity index is 1250. The summed E-state index contributed by atoms with van der Waals surface area (Å²) in [5.74, 6) is 0.664. The van der Waals surface area contributed by atoms with E-state index in [0.29, 0.717) is 31.1 Å². The van der Waals surface area contributed by atoms with Crippen LogP contribution in [0.3, 0.4) is 0 Å². The van der Waals surface area contributed by atoms with Crippen LogP contribution in [0, 0.1) is 0 Å². The highest BCUT2D eigenvalue weighted by atomic mass is 32.2. The molecule has 1 aliphatic rings. The average Bonchev–Trinajstić information content (AvgIpc) is 3.21. The van der Waals surface area contributed by atoms with Crippen molar-refractivity contribution < 1.29 is 21.6 Å². The number of benzene rings is 2. The van der Waals surface area contributed by atoms with Gasteiger partial charge >= 0.3 is 0 Å². The van der Waals surface area contributed by atoms with Gasteiger partial charge in [0.2, 0.25) is 0 Å². The highest BCUT2D eigenvalue weighted by Crippen LogP contribution is 2.35. The van der Waals surface area contributed by atoms with E-state index in [0.717, 1.165) is 17.6 Å². The van der Waals surface area contributed by atoms with Gasteiger partial charge in [-0.15, -0.1) is 0 Å². The number of nitrogens with zero attached hydrogens (tertiary/aromatic N) is 2. The number of hydrogen-bond acceptors (Lipinski definition) is 7. The maximum absolute atomic E-state index is 12.7. The topological polar surface area (TPSA) is 121 Å². The molecule has 3 aromatic rings. The van der Waals surface area contributed by atoms with Gasteiger partial charge in [-0.25, -0.2) is 21.8 Å². The minimum absolute atomic E-state index is 0.0303. The molecule has 2 N–H and O–H groups in total. The summed E-state index contributed by atoms with van der Waals surface area (Å²) in [4.78, 5) is 9.25. The van der Waals surface area contributed by atoms with E-state index in [-0.39, 0.29) is 9.79 Å². The molecule has 0 amide bonds. The largest absolute Gasteiger partial charge is 0.490 e. The van der Waals surface area contributed by atoms with E-state index in [9.17, 15) is 16.8 Å². The molecule has 0 aliphatic carbocycles. The van der Waals surface area contributed by atoms with Gasteiger partial charge in [0.05, 0.1) is 46.3 Å². The van der Waals surface area contributed by atoms with Crippen molar-refractivity contribution in [3.63, 3.8) is 0 Å². The maximum Gasteiger partial charge on any atom is 0.261 e. The van der Waals surface area contributed by atoms with Crippen molar-refractivity contribution in [2.75, 3.05) is 29.0 Å². The molecule has 9 nitrogen and oxygen atoms in total. The second-order valence-electron chi connectivity index (χ2n) is 6.86. The Kier molecular flexibility index (Phi) is 5.16. The average molecular weight is 449 g/mol. The zero-order valence-electron chi connectivity index (χ0n) is 16.1. The fraction of sp³-hybridized carbons (Fsp3) is 0.211. The van der Waals surface area contributed by atoms with Gasteiger partial charge in [0, 0.05) is 12.5 Å². The Morgan fingerprint density at radius 3 is 2.50 bits per heavy atom. The molecule has 0 saturated carbocycles. The lowest BCUT2D eigenvalue weighted by Gasteiger charge is -2.31. The number of rotatable bonds is 6. The summed E-state index contributed by atoms with van der Waals surface area (Å²) >= 11 is 0. The Balaban J connectivity index is 1.59. The van der Waals surface area contributed by atoms with Gasteiger partial charge in [-0.3, -0.25) is 4.72 Å². The van der Waals surface area contributed by atoms with Crippen LogP contribution in [-0.4, -0.2) is 46.2 Å². The number of sulfone groups is 1. The van der Waals surface area contributed by atoms with Gasteiger partial charge in [-0.05, 0) is 42.5 Å². The summed E-state index contributed by atoms with van der Waals surface area (Å²) in [5.41, 5.74) is 2.00. The number of sulfonamides is 1. The van der Waals surface area contributed by atoms with Crippen LogP contribution >= 0.6 is 0 Å². The molecule has 0 unspecified atom stereocenters. The van der Waals surface area contributed by atoms with Crippen molar-refractivity contribution >= 4 is 31.2 Å². The first-order valence-electron chi connectivity index (χ1n) is 9.05. The third-order valence-electron chi connectivity index (χ3n) is 4.64. The SMILES string of the molecule is CS(=O)(=O)c1ccc(S(=O)(=O)Nc2ccc3c(c2)N(Cc2c[nH]cn2)CCO3)cc1. The molecule has 0 spiro atoms. The van der Waals surface area contributed by atoms with Crippen molar-refractivity contribution in [3.05, 3.63) is 60.7 Å². The first-order valence-corrected chi connectivity index (χ1v) is 12.4. The maximum atomic E-state index is 12.7. The van der Waals surface area contributed by atoms with Crippen LogP contribution < -0.4 is 14.4 Å². The summed E-state index contributed by atoms with van der Waals surface area (Å²) in [5, 5.41) is 0. The van der Waals surface area contributed by atoms with Crippen LogP contribution in [0.15, 0.2) is 64.8 Å². The van der Waals surface area contributed by atoms with Crippen LogP contribution in [0.25, 0.3) is 0 Å². The van der Waals surface area contributed by atoms with Crippen molar-refractivity contribution in [3.8, 4) is 5.75 Å². The number of aromatic nitrogens is 2. The molecule has 30 heavy (non-hydrogen) atoms. The van der Waals surface area contributed by atoms with E-state index in [2.05, 4.69) is 19.6 Å². The first kappa shape index (κ1) is 20.2. The van der Waals surface area contributed by atoms with Gasteiger partial charge < -0.3 is 14.6 Å². The summed E-state index contributed by atoms with van der Waals surface area (Å²) < 4.78 is 56.9. The summed E-state index contributed by atoms with van der Waals surface area (Å²) in [7, 11) is -7.30. The van der Waals surface area contributed by atoms with Crippen LogP contribution in [0.1, 0.15) is 5.69 Å². The molecule has 4 rings (SSSR count). The number of anilines is 2. The predicted octanol–water partition coefficient (Wildman–Crippen LogP) is 2.01. The smallest absolute Gasteiger partial charge is 0.261 e. The third-order valence-corrected chi connectivity index (χ3v) is 7.17. The number of imidazole rings is 1. The van der Waals surface area contributed by atoms with Crippen LogP contribution in [0.2, 0.25) is 0 Å². The molecular formula is C19H20N4O5S2.